The van der Waals surface area contributed by atoms with Gasteiger partial charge in [0.15, 0.2) is 5.79 Å². The minimum Gasteiger partial charge on any atom is -0.393 e. The molecule has 6 heteroatoms. The Labute approximate surface area is 123 Å². The minimum atomic E-state index is -1.22. The lowest BCUT2D eigenvalue weighted by atomic mass is 10.2. The molecule has 114 valence electrons. The summed E-state index contributed by atoms with van der Waals surface area (Å²) in [6.45, 7) is 5.16. The van der Waals surface area contributed by atoms with Gasteiger partial charge in [0, 0.05) is 18.0 Å². The summed E-state index contributed by atoms with van der Waals surface area (Å²) in [5, 5.41) is 20.9. The Morgan fingerprint density at radius 1 is 1.33 bits per heavy atom. The molecule has 0 amide bonds. The molecule has 1 saturated carbocycles. The van der Waals surface area contributed by atoms with Crippen LogP contribution in [-0.4, -0.2) is 42.7 Å². The first-order valence-electron chi connectivity index (χ1n) is 7.21. The van der Waals surface area contributed by atoms with Gasteiger partial charge in [-0.1, -0.05) is 0 Å². The molecule has 2 aromatic heterocycles. The Balaban J connectivity index is 1.98. The summed E-state index contributed by atoms with van der Waals surface area (Å²) in [6.07, 6.45) is 3.93. The average molecular weight is 291 g/mol. The van der Waals surface area contributed by atoms with Crippen LogP contribution in [0.3, 0.4) is 0 Å². The topological polar surface area (TPSA) is 80.4 Å². The number of fused-ring (bicyclic) bond motifs is 1. The number of hydrogen-bond acceptors (Lipinski definition) is 5. The molecule has 1 fully saturated rings. The van der Waals surface area contributed by atoms with E-state index in [2.05, 4.69) is 9.97 Å². The van der Waals surface area contributed by atoms with Crippen LogP contribution >= 0.6 is 0 Å². The molecule has 1 aliphatic carbocycles. The van der Waals surface area contributed by atoms with Crippen LogP contribution in [0.5, 0.6) is 0 Å². The third-order valence-corrected chi connectivity index (χ3v) is 3.95. The van der Waals surface area contributed by atoms with Crippen LogP contribution in [0.25, 0.3) is 11.0 Å². The molecule has 0 bridgehead atoms. The quantitative estimate of drug-likeness (QED) is 0.839. The first-order valence-corrected chi connectivity index (χ1v) is 7.21. The van der Waals surface area contributed by atoms with Crippen molar-refractivity contribution in [2.24, 2.45) is 0 Å². The number of aryl methyl sites for hydroxylation is 1. The molecule has 1 unspecified atom stereocenters. The van der Waals surface area contributed by atoms with Crippen molar-refractivity contribution in [3.8, 4) is 0 Å². The van der Waals surface area contributed by atoms with Gasteiger partial charge in [0.2, 0.25) is 0 Å². The van der Waals surface area contributed by atoms with E-state index in [9.17, 15) is 10.2 Å². The monoisotopic (exact) mass is 291 g/mol. The van der Waals surface area contributed by atoms with Gasteiger partial charge in [-0.05, 0) is 33.3 Å². The molecule has 2 N–H and O–H groups in total. The van der Waals surface area contributed by atoms with E-state index in [0.717, 1.165) is 16.7 Å². The summed E-state index contributed by atoms with van der Waals surface area (Å²) in [7, 11) is 0. The van der Waals surface area contributed by atoms with Gasteiger partial charge in [-0.25, -0.2) is 9.97 Å². The Morgan fingerprint density at radius 2 is 2.10 bits per heavy atom. The van der Waals surface area contributed by atoms with Gasteiger partial charge in [0.05, 0.1) is 23.9 Å². The number of ether oxygens (including phenoxy) is 1. The van der Waals surface area contributed by atoms with Crippen molar-refractivity contribution in [1.82, 2.24) is 14.5 Å². The molecule has 2 aromatic rings. The number of aliphatic hydroxyl groups is 2. The van der Waals surface area contributed by atoms with Crippen molar-refractivity contribution in [1.29, 1.82) is 0 Å². The van der Waals surface area contributed by atoms with Crippen LogP contribution in [0, 0.1) is 6.92 Å². The van der Waals surface area contributed by atoms with Gasteiger partial charge in [-0.2, -0.15) is 0 Å². The first-order chi connectivity index (χ1) is 9.85. The van der Waals surface area contributed by atoms with E-state index < -0.39 is 11.9 Å². The number of rotatable bonds is 3. The van der Waals surface area contributed by atoms with Crippen LogP contribution in [0.4, 0.5) is 0 Å². The fraction of sp³-hybridized carbons (Fsp3) is 0.600. The van der Waals surface area contributed by atoms with Crippen LogP contribution in [0.2, 0.25) is 0 Å². The van der Waals surface area contributed by atoms with E-state index in [-0.39, 0.29) is 12.1 Å². The highest BCUT2D eigenvalue weighted by Crippen LogP contribution is 2.36. The fourth-order valence-electron chi connectivity index (χ4n) is 3.11. The molecular formula is C15H21N3O3. The van der Waals surface area contributed by atoms with Crippen molar-refractivity contribution in [3.05, 3.63) is 24.3 Å². The first kappa shape index (κ1) is 14.4. The standard InChI is InChI=1S/C15H21N3O3/c1-9-11-4-5-18(14(11)17-8-16-9)12-6-10(19)7-13(12)21-15(2,3)20/h4-5,8,10,12-13,19-20H,6-7H2,1-3H3/t10-,12+,13?/m0/s1. The van der Waals surface area contributed by atoms with Crippen LogP contribution < -0.4 is 0 Å². The van der Waals surface area contributed by atoms with E-state index in [1.807, 2.05) is 23.8 Å². The number of aliphatic hydroxyl groups excluding tert-OH is 1. The number of aromatic nitrogens is 3. The molecule has 2 heterocycles. The van der Waals surface area contributed by atoms with E-state index in [1.54, 1.807) is 20.2 Å². The Kier molecular flexibility index (Phi) is 3.47. The molecule has 3 atom stereocenters. The molecule has 1 aliphatic rings. The minimum absolute atomic E-state index is 0.0433. The fourth-order valence-corrected chi connectivity index (χ4v) is 3.11. The molecule has 6 nitrogen and oxygen atoms in total. The van der Waals surface area contributed by atoms with Gasteiger partial charge in [0.1, 0.15) is 12.0 Å². The predicted octanol–water partition coefficient (Wildman–Crippen LogP) is 1.55. The third kappa shape index (κ3) is 2.79. The molecule has 21 heavy (non-hydrogen) atoms. The van der Waals surface area contributed by atoms with Crippen molar-refractivity contribution in [2.75, 3.05) is 0 Å². The average Bonchev–Trinajstić information content (AvgIpc) is 2.92. The SMILES string of the molecule is Cc1ncnc2c1ccn2[C@@H]1C[C@H](O)CC1OC(C)(C)O. The van der Waals surface area contributed by atoms with Crippen molar-refractivity contribution >= 4 is 11.0 Å². The maximum Gasteiger partial charge on any atom is 0.160 e. The lowest BCUT2D eigenvalue weighted by Gasteiger charge is -2.28. The largest absolute Gasteiger partial charge is 0.393 e. The molecule has 0 saturated heterocycles. The van der Waals surface area contributed by atoms with E-state index in [4.69, 9.17) is 4.74 Å². The lowest BCUT2D eigenvalue weighted by Crippen LogP contribution is -2.33. The summed E-state index contributed by atoms with van der Waals surface area (Å²) < 4.78 is 7.74. The Bertz CT molecular complexity index is 647. The Morgan fingerprint density at radius 3 is 2.81 bits per heavy atom. The van der Waals surface area contributed by atoms with E-state index >= 15 is 0 Å². The highest BCUT2D eigenvalue weighted by atomic mass is 16.6. The van der Waals surface area contributed by atoms with Crippen LogP contribution in [0.1, 0.15) is 38.4 Å². The maximum absolute atomic E-state index is 9.98. The zero-order valence-electron chi connectivity index (χ0n) is 12.5. The molecule has 0 spiro atoms. The zero-order valence-corrected chi connectivity index (χ0v) is 12.5. The van der Waals surface area contributed by atoms with Gasteiger partial charge in [-0.15, -0.1) is 0 Å². The number of hydrogen-bond donors (Lipinski definition) is 2. The molecule has 3 rings (SSSR count). The predicted molar refractivity (Wildman–Crippen MR) is 77.7 cm³/mol. The lowest BCUT2D eigenvalue weighted by molar-refractivity contribution is -0.211. The summed E-state index contributed by atoms with van der Waals surface area (Å²) in [5.74, 6) is -1.22. The Hall–Kier alpha value is -1.50. The summed E-state index contributed by atoms with van der Waals surface area (Å²) in [4.78, 5) is 8.55. The van der Waals surface area contributed by atoms with E-state index in [0.29, 0.717) is 12.8 Å². The van der Waals surface area contributed by atoms with Crippen molar-refractivity contribution < 1.29 is 14.9 Å². The van der Waals surface area contributed by atoms with Crippen LogP contribution in [0.15, 0.2) is 18.6 Å². The molecule has 0 radical (unpaired) electrons. The van der Waals surface area contributed by atoms with Gasteiger partial charge >= 0.3 is 0 Å². The smallest absolute Gasteiger partial charge is 0.160 e. The molecule has 0 aliphatic heterocycles. The summed E-state index contributed by atoms with van der Waals surface area (Å²) in [6, 6.07) is 1.94. The highest BCUT2D eigenvalue weighted by molar-refractivity contribution is 5.78. The van der Waals surface area contributed by atoms with Crippen molar-refractivity contribution in [3.63, 3.8) is 0 Å². The van der Waals surface area contributed by atoms with E-state index in [1.165, 1.54) is 0 Å². The second kappa shape index (κ2) is 5.05. The van der Waals surface area contributed by atoms with Gasteiger partial charge in [-0.3, -0.25) is 0 Å². The summed E-state index contributed by atoms with van der Waals surface area (Å²) >= 11 is 0. The number of nitrogens with zero attached hydrogens (tertiary/aromatic N) is 3. The summed E-state index contributed by atoms with van der Waals surface area (Å²) in [5.41, 5.74) is 1.77. The van der Waals surface area contributed by atoms with Gasteiger partial charge in [0.25, 0.3) is 0 Å². The highest BCUT2D eigenvalue weighted by Gasteiger charge is 2.38. The maximum atomic E-state index is 9.98. The molecule has 0 aromatic carbocycles. The second-order valence-corrected chi connectivity index (χ2v) is 6.21. The zero-order chi connectivity index (χ0) is 15.2. The van der Waals surface area contributed by atoms with Gasteiger partial charge < -0.3 is 19.5 Å². The molecular weight excluding hydrogens is 270 g/mol. The third-order valence-electron chi connectivity index (χ3n) is 3.95. The second-order valence-electron chi connectivity index (χ2n) is 6.21. The normalized spacial score (nSPS) is 26.6. The van der Waals surface area contributed by atoms with Crippen LogP contribution in [-0.2, 0) is 4.74 Å². The van der Waals surface area contributed by atoms with Crippen molar-refractivity contribution in [2.45, 2.75) is 57.6 Å².